The Labute approximate surface area is 188 Å². The molecule has 0 aliphatic rings. The molecule has 1 heterocycles. The van der Waals surface area contributed by atoms with E-state index in [1.165, 1.54) is 35.9 Å². The van der Waals surface area contributed by atoms with E-state index in [0.29, 0.717) is 21.5 Å². The van der Waals surface area contributed by atoms with Crippen molar-refractivity contribution < 1.29 is 32.2 Å². The number of aromatic nitrogens is 1. The van der Waals surface area contributed by atoms with Crippen LogP contribution >= 0.6 is 11.3 Å². The number of hydrogen-bond donors (Lipinski definition) is 0. The maximum Gasteiger partial charge on any atom is 0.338 e. The summed E-state index contributed by atoms with van der Waals surface area (Å²) in [6, 6.07) is 10.6. The zero-order valence-corrected chi connectivity index (χ0v) is 19.4. The minimum Gasteiger partial charge on any atom is -0.497 e. The molecule has 0 unspecified atom stereocenters. The predicted molar refractivity (Wildman–Crippen MR) is 118 cm³/mol. The Morgan fingerprint density at radius 1 is 1.03 bits per heavy atom. The molecule has 2 aromatic carbocycles. The summed E-state index contributed by atoms with van der Waals surface area (Å²) in [4.78, 5) is 24.3. The van der Waals surface area contributed by atoms with Gasteiger partial charge >= 0.3 is 11.9 Å². The van der Waals surface area contributed by atoms with E-state index in [0.717, 1.165) is 11.3 Å². The van der Waals surface area contributed by atoms with Crippen LogP contribution in [0.1, 0.15) is 24.2 Å². The van der Waals surface area contributed by atoms with Gasteiger partial charge in [0.2, 0.25) is 4.80 Å². The van der Waals surface area contributed by atoms with Crippen LogP contribution in [0.25, 0.3) is 10.2 Å². The largest absolute Gasteiger partial charge is 0.497 e. The van der Waals surface area contributed by atoms with Gasteiger partial charge in [-0.05, 0) is 56.3 Å². The van der Waals surface area contributed by atoms with Crippen molar-refractivity contribution in [2.45, 2.75) is 25.3 Å². The highest BCUT2D eigenvalue weighted by Crippen LogP contribution is 2.22. The molecule has 0 N–H and O–H groups in total. The summed E-state index contributed by atoms with van der Waals surface area (Å²) in [7, 11) is -2.60. The number of hydrogen-bond acceptors (Lipinski definition) is 8. The van der Waals surface area contributed by atoms with Crippen LogP contribution in [0.5, 0.6) is 5.75 Å². The molecule has 9 nitrogen and oxygen atoms in total. The predicted octanol–water partition coefficient (Wildman–Crippen LogP) is 2.74. The van der Waals surface area contributed by atoms with Crippen molar-refractivity contribution in [3.8, 4) is 5.75 Å². The summed E-state index contributed by atoms with van der Waals surface area (Å²) in [6.45, 7) is 3.56. The highest BCUT2D eigenvalue weighted by Gasteiger charge is 2.18. The van der Waals surface area contributed by atoms with E-state index in [2.05, 4.69) is 4.40 Å². The molecule has 11 heteroatoms. The third-order valence-corrected chi connectivity index (χ3v) is 6.78. The lowest BCUT2D eigenvalue weighted by molar-refractivity contribution is -0.143. The van der Waals surface area contributed by atoms with Crippen LogP contribution in [0, 0.1) is 0 Å². The van der Waals surface area contributed by atoms with E-state index in [1.807, 2.05) is 0 Å². The monoisotopic (exact) mass is 478 g/mol. The number of methoxy groups -OCH3 is 1. The molecule has 0 bridgehead atoms. The first-order valence-corrected chi connectivity index (χ1v) is 12.0. The van der Waals surface area contributed by atoms with Crippen molar-refractivity contribution in [2.75, 3.05) is 20.3 Å². The summed E-state index contributed by atoms with van der Waals surface area (Å²) < 4.78 is 46.9. The maximum atomic E-state index is 12.9. The number of thiazole rings is 1. The average Bonchev–Trinajstić information content (AvgIpc) is 3.09. The van der Waals surface area contributed by atoms with Crippen LogP contribution in [0.15, 0.2) is 51.8 Å². The van der Waals surface area contributed by atoms with Crippen LogP contribution in [0.3, 0.4) is 0 Å². The number of fused-ring (bicyclic) bond motifs is 1. The van der Waals surface area contributed by atoms with Gasteiger partial charge in [-0.2, -0.15) is 8.42 Å². The molecule has 170 valence electrons. The topological polar surface area (TPSA) is 113 Å². The van der Waals surface area contributed by atoms with E-state index in [-0.39, 0.29) is 29.5 Å². The summed E-state index contributed by atoms with van der Waals surface area (Å²) in [5, 5.41) is 0. The lowest BCUT2D eigenvalue weighted by atomic mass is 10.2. The Bertz CT molecular complexity index is 1310. The van der Waals surface area contributed by atoms with Gasteiger partial charge in [0.25, 0.3) is 10.0 Å². The van der Waals surface area contributed by atoms with Crippen molar-refractivity contribution in [1.82, 2.24) is 4.57 Å². The lowest BCUT2D eigenvalue weighted by Crippen LogP contribution is -2.23. The van der Waals surface area contributed by atoms with E-state index in [9.17, 15) is 18.0 Å². The smallest absolute Gasteiger partial charge is 0.338 e. The first-order chi connectivity index (χ1) is 15.3. The molecule has 1 aromatic heterocycles. The fourth-order valence-electron chi connectivity index (χ4n) is 2.88. The molecule has 0 aliphatic carbocycles. The zero-order chi connectivity index (χ0) is 23.3. The average molecular weight is 479 g/mol. The number of ether oxygens (including phenoxy) is 3. The first kappa shape index (κ1) is 23.5. The number of nitrogens with zero attached hydrogens (tertiary/aromatic N) is 2. The highest BCUT2D eigenvalue weighted by molar-refractivity contribution is 7.90. The summed E-state index contributed by atoms with van der Waals surface area (Å²) in [5.74, 6) is -0.524. The molecule has 3 rings (SSSR count). The fourth-order valence-corrected chi connectivity index (χ4v) is 5.15. The Hall–Kier alpha value is -3.18. The number of sulfonamides is 1. The second kappa shape index (κ2) is 9.96. The van der Waals surface area contributed by atoms with Gasteiger partial charge in [-0.25, -0.2) is 4.79 Å². The van der Waals surface area contributed by atoms with Gasteiger partial charge in [0.05, 0.1) is 41.0 Å². The normalized spacial score (nSPS) is 12.0. The number of esters is 2. The molecular weight excluding hydrogens is 456 g/mol. The van der Waals surface area contributed by atoms with Crippen LogP contribution in [-0.4, -0.2) is 45.2 Å². The second-order valence-electron chi connectivity index (χ2n) is 6.42. The molecule has 0 radical (unpaired) electrons. The Morgan fingerprint density at radius 3 is 2.34 bits per heavy atom. The number of carbonyl (C=O) groups is 2. The number of rotatable bonds is 8. The molecule has 0 saturated carbocycles. The summed E-state index contributed by atoms with van der Waals surface area (Å²) in [6.07, 6.45) is 0. The molecule has 32 heavy (non-hydrogen) atoms. The first-order valence-electron chi connectivity index (χ1n) is 9.70. The van der Waals surface area contributed by atoms with E-state index in [1.54, 1.807) is 32.0 Å². The van der Waals surface area contributed by atoms with Gasteiger partial charge in [-0.3, -0.25) is 4.79 Å². The molecule has 0 fully saturated rings. The Balaban J connectivity index is 2.15. The van der Waals surface area contributed by atoms with Gasteiger partial charge in [-0.1, -0.05) is 11.3 Å². The minimum atomic E-state index is -4.08. The van der Waals surface area contributed by atoms with Gasteiger partial charge in [0.15, 0.2) is 0 Å². The molecule has 0 saturated heterocycles. The van der Waals surface area contributed by atoms with Crippen molar-refractivity contribution in [3.63, 3.8) is 0 Å². The summed E-state index contributed by atoms with van der Waals surface area (Å²) >= 11 is 1.04. The van der Waals surface area contributed by atoms with Crippen LogP contribution in [0.2, 0.25) is 0 Å². The second-order valence-corrected chi connectivity index (χ2v) is 9.03. The molecular formula is C21H22N2O7S2. The highest BCUT2D eigenvalue weighted by atomic mass is 32.2. The number of benzene rings is 2. The Kier molecular flexibility index (Phi) is 7.31. The van der Waals surface area contributed by atoms with Gasteiger partial charge in [0.1, 0.15) is 12.3 Å². The van der Waals surface area contributed by atoms with Crippen molar-refractivity contribution >= 4 is 43.5 Å². The third kappa shape index (κ3) is 5.17. The SMILES string of the molecule is CCOC(=O)Cn1/c(=N/S(=O)(=O)c2ccc(OC)cc2)sc2cc(C(=O)OCC)ccc21. The molecule has 0 atom stereocenters. The van der Waals surface area contributed by atoms with Gasteiger partial charge < -0.3 is 18.8 Å². The Morgan fingerprint density at radius 2 is 1.72 bits per heavy atom. The van der Waals surface area contributed by atoms with Gasteiger partial charge in [0, 0.05) is 0 Å². The summed E-state index contributed by atoms with van der Waals surface area (Å²) in [5.41, 5.74) is 0.855. The minimum absolute atomic E-state index is 0.0225. The molecule has 0 aliphatic heterocycles. The van der Waals surface area contributed by atoms with Crippen LogP contribution < -0.4 is 9.54 Å². The quantitative estimate of drug-likeness (QED) is 0.458. The van der Waals surface area contributed by atoms with E-state index >= 15 is 0 Å². The van der Waals surface area contributed by atoms with Crippen molar-refractivity contribution in [3.05, 3.63) is 52.8 Å². The molecule has 0 amide bonds. The van der Waals surface area contributed by atoms with E-state index in [4.69, 9.17) is 14.2 Å². The third-order valence-electron chi connectivity index (χ3n) is 4.34. The van der Waals surface area contributed by atoms with Crippen molar-refractivity contribution in [2.24, 2.45) is 4.40 Å². The zero-order valence-electron chi connectivity index (χ0n) is 17.7. The maximum absolute atomic E-state index is 12.9. The van der Waals surface area contributed by atoms with Crippen molar-refractivity contribution in [1.29, 1.82) is 0 Å². The van der Waals surface area contributed by atoms with Gasteiger partial charge in [-0.15, -0.1) is 4.40 Å². The van der Waals surface area contributed by atoms with Crippen LogP contribution in [0.4, 0.5) is 0 Å². The fraction of sp³-hybridized carbons (Fsp3) is 0.286. The lowest BCUT2D eigenvalue weighted by Gasteiger charge is -2.06. The molecule has 3 aromatic rings. The van der Waals surface area contributed by atoms with Crippen LogP contribution in [-0.2, 0) is 30.8 Å². The van der Waals surface area contributed by atoms with E-state index < -0.39 is 22.0 Å². The number of carbonyl (C=O) groups excluding carboxylic acids is 2. The molecule has 0 spiro atoms. The standard InChI is InChI=1S/C21H22N2O7S2/c1-4-29-19(24)13-23-17-11-6-14(20(25)30-5-2)12-18(17)31-21(23)22-32(26,27)16-9-7-15(28-3)8-10-16/h6-12H,4-5,13H2,1-3H3/b22-21-.